The summed E-state index contributed by atoms with van der Waals surface area (Å²) in [5.74, 6) is -0.979. The molecule has 0 radical (unpaired) electrons. The number of phenolic OH excluding ortho intramolecular Hbond substituents is 1. The van der Waals surface area contributed by atoms with Gasteiger partial charge in [0, 0.05) is 6.04 Å². The van der Waals surface area contributed by atoms with Crippen LogP contribution in [0.15, 0.2) is 12.1 Å². The molecule has 15 heavy (non-hydrogen) atoms. The van der Waals surface area contributed by atoms with Gasteiger partial charge in [-0.05, 0) is 30.5 Å². The fraction of sp³-hybridized carbons (Fsp3) is 0.455. The molecule has 0 saturated heterocycles. The van der Waals surface area contributed by atoms with Crippen LogP contribution in [0, 0.1) is 5.82 Å². The first kappa shape index (κ1) is 11.8. The molecule has 0 amide bonds. The van der Waals surface area contributed by atoms with Gasteiger partial charge >= 0.3 is 0 Å². The lowest BCUT2D eigenvalue weighted by Crippen LogP contribution is -2.21. The van der Waals surface area contributed by atoms with E-state index in [0.717, 1.165) is 12.0 Å². The Labute approximate surface area is 88.7 Å². The molecule has 3 nitrogen and oxygen atoms in total. The molecule has 1 unspecified atom stereocenters. The molecule has 1 rings (SSSR count). The summed E-state index contributed by atoms with van der Waals surface area (Å²) in [7, 11) is 1.39. The summed E-state index contributed by atoms with van der Waals surface area (Å²) in [4.78, 5) is 0. The second-order valence-electron chi connectivity index (χ2n) is 3.50. The Morgan fingerprint density at radius 1 is 1.53 bits per heavy atom. The zero-order valence-electron chi connectivity index (χ0n) is 8.96. The van der Waals surface area contributed by atoms with E-state index >= 15 is 0 Å². The second-order valence-corrected chi connectivity index (χ2v) is 3.50. The van der Waals surface area contributed by atoms with E-state index in [0.29, 0.717) is 6.42 Å². The summed E-state index contributed by atoms with van der Waals surface area (Å²) in [5, 5.41) is 9.28. The van der Waals surface area contributed by atoms with Gasteiger partial charge in [-0.3, -0.25) is 0 Å². The van der Waals surface area contributed by atoms with E-state index in [4.69, 9.17) is 10.5 Å². The van der Waals surface area contributed by atoms with Gasteiger partial charge in [0.1, 0.15) is 0 Å². The third-order valence-electron chi connectivity index (χ3n) is 2.33. The Kier molecular flexibility index (Phi) is 3.91. The normalized spacial score (nSPS) is 12.5. The third-order valence-corrected chi connectivity index (χ3v) is 2.33. The van der Waals surface area contributed by atoms with Crippen LogP contribution in [0.5, 0.6) is 11.5 Å². The Morgan fingerprint density at radius 2 is 2.20 bits per heavy atom. The van der Waals surface area contributed by atoms with Crippen LogP contribution in [0.25, 0.3) is 0 Å². The van der Waals surface area contributed by atoms with Gasteiger partial charge in [0.15, 0.2) is 17.3 Å². The van der Waals surface area contributed by atoms with Gasteiger partial charge in [0.25, 0.3) is 0 Å². The zero-order chi connectivity index (χ0) is 11.4. The van der Waals surface area contributed by atoms with Crippen molar-refractivity contribution in [3.05, 3.63) is 23.5 Å². The van der Waals surface area contributed by atoms with Crippen molar-refractivity contribution in [3.8, 4) is 11.5 Å². The predicted molar refractivity (Wildman–Crippen MR) is 56.6 cm³/mol. The third kappa shape index (κ3) is 2.83. The molecule has 0 saturated carbocycles. The van der Waals surface area contributed by atoms with Crippen LogP contribution in [-0.4, -0.2) is 18.3 Å². The minimum atomic E-state index is -0.673. The van der Waals surface area contributed by atoms with E-state index in [-0.39, 0.29) is 11.8 Å². The van der Waals surface area contributed by atoms with Crippen LogP contribution in [0.4, 0.5) is 4.39 Å². The van der Waals surface area contributed by atoms with Gasteiger partial charge < -0.3 is 15.6 Å². The molecule has 4 heteroatoms. The maximum atomic E-state index is 13.2. The monoisotopic (exact) mass is 213 g/mol. The van der Waals surface area contributed by atoms with Crippen molar-refractivity contribution in [1.82, 2.24) is 0 Å². The number of rotatable bonds is 4. The number of nitrogens with two attached hydrogens (primary N) is 1. The molecule has 0 fully saturated rings. The smallest absolute Gasteiger partial charge is 0.194 e. The summed E-state index contributed by atoms with van der Waals surface area (Å²) in [5.41, 5.74) is 6.49. The van der Waals surface area contributed by atoms with Crippen molar-refractivity contribution >= 4 is 0 Å². The van der Waals surface area contributed by atoms with E-state index in [1.54, 1.807) is 6.07 Å². The van der Waals surface area contributed by atoms with Gasteiger partial charge in [-0.2, -0.15) is 0 Å². The molecule has 3 N–H and O–H groups in total. The van der Waals surface area contributed by atoms with Crippen LogP contribution in [0.2, 0.25) is 0 Å². The van der Waals surface area contributed by atoms with Gasteiger partial charge in [0.05, 0.1) is 7.11 Å². The van der Waals surface area contributed by atoms with E-state index in [1.165, 1.54) is 13.2 Å². The average molecular weight is 213 g/mol. The molecule has 84 valence electrons. The molecule has 0 aliphatic heterocycles. The molecular formula is C11H16FNO2. The molecule has 0 aliphatic carbocycles. The van der Waals surface area contributed by atoms with E-state index in [1.807, 2.05) is 6.92 Å². The molecule has 0 aromatic heterocycles. The standard InChI is InChI=1S/C11H16FNO2/c1-3-8(13)4-7-5-9(12)11(14)10(6-7)15-2/h5-6,8,14H,3-4,13H2,1-2H3. The Balaban J connectivity index is 2.95. The highest BCUT2D eigenvalue weighted by atomic mass is 19.1. The number of halogens is 1. The predicted octanol–water partition coefficient (Wildman–Crippen LogP) is 1.82. The lowest BCUT2D eigenvalue weighted by molar-refractivity contribution is 0.356. The summed E-state index contributed by atoms with van der Waals surface area (Å²) >= 11 is 0. The van der Waals surface area contributed by atoms with Crippen molar-refractivity contribution in [3.63, 3.8) is 0 Å². The Morgan fingerprint density at radius 3 is 2.73 bits per heavy atom. The van der Waals surface area contributed by atoms with E-state index in [9.17, 15) is 9.50 Å². The van der Waals surface area contributed by atoms with Crippen LogP contribution in [0.3, 0.4) is 0 Å². The number of hydrogen-bond donors (Lipinski definition) is 2. The quantitative estimate of drug-likeness (QED) is 0.802. The molecule has 1 aromatic rings. The zero-order valence-corrected chi connectivity index (χ0v) is 8.96. The number of benzene rings is 1. The maximum absolute atomic E-state index is 13.2. The first-order valence-electron chi connectivity index (χ1n) is 4.89. The van der Waals surface area contributed by atoms with Crippen LogP contribution >= 0.6 is 0 Å². The van der Waals surface area contributed by atoms with Crippen molar-refractivity contribution in [2.75, 3.05) is 7.11 Å². The largest absolute Gasteiger partial charge is 0.502 e. The topological polar surface area (TPSA) is 55.5 Å². The Bertz CT molecular complexity index is 342. The molecule has 0 aliphatic rings. The SMILES string of the molecule is CCC(N)Cc1cc(F)c(O)c(OC)c1. The van der Waals surface area contributed by atoms with E-state index in [2.05, 4.69) is 0 Å². The van der Waals surface area contributed by atoms with Crippen LogP contribution in [0.1, 0.15) is 18.9 Å². The molecule has 1 atom stereocenters. The molecule has 0 spiro atoms. The van der Waals surface area contributed by atoms with Crippen molar-refractivity contribution in [2.45, 2.75) is 25.8 Å². The number of methoxy groups -OCH3 is 1. The number of hydrogen-bond acceptors (Lipinski definition) is 3. The molecule has 0 heterocycles. The minimum Gasteiger partial charge on any atom is -0.502 e. The van der Waals surface area contributed by atoms with E-state index < -0.39 is 11.6 Å². The highest BCUT2D eigenvalue weighted by Crippen LogP contribution is 2.30. The highest BCUT2D eigenvalue weighted by molar-refractivity contribution is 5.43. The summed E-state index contributed by atoms with van der Waals surface area (Å²) in [6.07, 6.45) is 1.40. The van der Waals surface area contributed by atoms with Crippen molar-refractivity contribution in [2.24, 2.45) is 5.73 Å². The average Bonchev–Trinajstić information content (AvgIpc) is 2.22. The highest BCUT2D eigenvalue weighted by Gasteiger charge is 2.11. The van der Waals surface area contributed by atoms with Crippen LogP contribution < -0.4 is 10.5 Å². The lowest BCUT2D eigenvalue weighted by Gasteiger charge is -2.11. The number of ether oxygens (including phenoxy) is 1. The maximum Gasteiger partial charge on any atom is 0.194 e. The van der Waals surface area contributed by atoms with Crippen molar-refractivity contribution < 1.29 is 14.2 Å². The van der Waals surface area contributed by atoms with Gasteiger partial charge in [-0.15, -0.1) is 0 Å². The first-order valence-corrected chi connectivity index (χ1v) is 4.89. The van der Waals surface area contributed by atoms with Gasteiger partial charge in [-0.1, -0.05) is 6.92 Å². The lowest BCUT2D eigenvalue weighted by atomic mass is 10.0. The summed E-state index contributed by atoms with van der Waals surface area (Å²) < 4.78 is 18.1. The molecular weight excluding hydrogens is 197 g/mol. The van der Waals surface area contributed by atoms with Gasteiger partial charge in [0.2, 0.25) is 0 Å². The number of aromatic hydroxyl groups is 1. The van der Waals surface area contributed by atoms with Gasteiger partial charge in [-0.25, -0.2) is 4.39 Å². The molecule has 1 aromatic carbocycles. The Hall–Kier alpha value is -1.29. The van der Waals surface area contributed by atoms with Crippen molar-refractivity contribution in [1.29, 1.82) is 0 Å². The fourth-order valence-corrected chi connectivity index (χ4v) is 1.35. The number of phenols is 1. The molecule has 0 bridgehead atoms. The van der Waals surface area contributed by atoms with Crippen LogP contribution in [-0.2, 0) is 6.42 Å². The minimum absolute atomic E-state index is 0.00125. The summed E-state index contributed by atoms with van der Waals surface area (Å²) in [6, 6.07) is 2.89. The first-order chi connectivity index (χ1) is 7.08. The fourth-order valence-electron chi connectivity index (χ4n) is 1.35. The summed E-state index contributed by atoms with van der Waals surface area (Å²) in [6.45, 7) is 1.97. The second kappa shape index (κ2) is 4.98.